The Morgan fingerprint density at radius 3 is 2.87 bits per heavy atom. The smallest absolute Gasteiger partial charge is 0.345 e. The van der Waals surface area contributed by atoms with Gasteiger partial charge in [-0.15, -0.1) is 0 Å². The van der Waals surface area contributed by atoms with Gasteiger partial charge in [-0.05, 0) is 49.6 Å². The van der Waals surface area contributed by atoms with Crippen LogP contribution in [-0.4, -0.2) is 20.7 Å². The van der Waals surface area contributed by atoms with Crippen LogP contribution in [0, 0.1) is 11.3 Å². The van der Waals surface area contributed by atoms with Gasteiger partial charge in [-0.2, -0.15) is 23.5 Å². The second-order valence-electron chi connectivity index (χ2n) is 6.98. The molecule has 0 saturated heterocycles. The Kier molecular flexibility index (Phi) is 4.99. The Morgan fingerprint density at radius 1 is 1.27 bits per heavy atom. The standard InChI is InChI=1S/C21H16F3N5O/c22-21(23,24)19-10-15(7-8-26-19)29-12-16-17(5-2-6-18(16)28-29)27-20(30)14-4-1-3-13(9-14)11-25/h1,3-4,7-10,12,17H,2,5-6H2,(H,27,30). The van der Waals surface area contributed by atoms with E-state index in [1.807, 2.05) is 6.07 Å². The van der Waals surface area contributed by atoms with E-state index in [9.17, 15) is 18.0 Å². The average molecular weight is 411 g/mol. The number of aryl methyl sites for hydroxylation is 1. The fraction of sp³-hybridized carbons (Fsp3) is 0.238. The number of halogens is 3. The van der Waals surface area contributed by atoms with Crippen molar-refractivity contribution in [3.63, 3.8) is 0 Å². The summed E-state index contributed by atoms with van der Waals surface area (Å²) in [5.41, 5.74) is 1.53. The van der Waals surface area contributed by atoms with E-state index in [1.54, 1.807) is 24.4 Å². The molecule has 2 aromatic heterocycles. The van der Waals surface area contributed by atoms with E-state index in [-0.39, 0.29) is 17.6 Å². The predicted octanol–water partition coefficient (Wildman–Crippen LogP) is 3.97. The Bertz CT molecular complexity index is 1150. The highest BCUT2D eigenvalue weighted by molar-refractivity contribution is 5.94. The third kappa shape index (κ3) is 3.89. The summed E-state index contributed by atoms with van der Waals surface area (Å²) in [6.45, 7) is 0. The number of nitrogens with zero attached hydrogens (tertiary/aromatic N) is 4. The fourth-order valence-electron chi connectivity index (χ4n) is 3.51. The molecule has 6 nitrogen and oxygen atoms in total. The van der Waals surface area contributed by atoms with Gasteiger partial charge in [0.2, 0.25) is 0 Å². The molecule has 1 atom stereocenters. The summed E-state index contributed by atoms with van der Waals surface area (Å²) in [6.07, 6.45) is 0.359. The van der Waals surface area contributed by atoms with Crippen LogP contribution in [0.25, 0.3) is 5.69 Å². The zero-order chi connectivity index (χ0) is 21.3. The Labute approximate surface area is 170 Å². The third-order valence-electron chi connectivity index (χ3n) is 4.96. The number of nitriles is 1. The fourth-order valence-corrected chi connectivity index (χ4v) is 3.51. The van der Waals surface area contributed by atoms with Crippen LogP contribution in [0.3, 0.4) is 0 Å². The Morgan fingerprint density at radius 2 is 2.10 bits per heavy atom. The van der Waals surface area contributed by atoms with Crippen molar-refractivity contribution >= 4 is 5.91 Å². The maximum atomic E-state index is 13.0. The molecular weight excluding hydrogens is 395 g/mol. The summed E-state index contributed by atoms with van der Waals surface area (Å²) in [5, 5.41) is 16.4. The Balaban J connectivity index is 1.60. The SMILES string of the molecule is N#Cc1cccc(C(=O)NC2CCCc3nn(-c4ccnc(C(F)(F)F)c4)cc32)c1. The lowest BCUT2D eigenvalue weighted by molar-refractivity contribution is -0.141. The van der Waals surface area contributed by atoms with Crippen molar-refractivity contribution in [2.45, 2.75) is 31.5 Å². The van der Waals surface area contributed by atoms with Gasteiger partial charge in [0.15, 0.2) is 0 Å². The lowest BCUT2D eigenvalue weighted by Crippen LogP contribution is -2.30. The van der Waals surface area contributed by atoms with Crippen molar-refractivity contribution in [1.82, 2.24) is 20.1 Å². The van der Waals surface area contributed by atoms with Crippen LogP contribution in [0.5, 0.6) is 0 Å². The van der Waals surface area contributed by atoms with Crippen molar-refractivity contribution in [3.05, 3.63) is 76.9 Å². The first-order chi connectivity index (χ1) is 14.3. The minimum absolute atomic E-state index is 0.249. The molecule has 1 aromatic carbocycles. The molecule has 1 aliphatic carbocycles. The second kappa shape index (κ2) is 7.63. The molecule has 1 amide bonds. The number of carbonyl (C=O) groups is 1. The molecular formula is C21H16F3N5O. The first-order valence-corrected chi connectivity index (χ1v) is 9.28. The number of benzene rings is 1. The minimum Gasteiger partial charge on any atom is -0.345 e. The van der Waals surface area contributed by atoms with Gasteiger partial charge in [0.1, 0.15) is 5.69 Å². The third-order valence-corrected chi connectivity index (χ3v) is 4.96. The summed E-state index contributed by atoms with van der Waals surface area (Å²) in [7, 11) is 0. The second-order valence-corrected chi connectivity index (χ2v) is 6.98. The number of pyridine rings is 1. The minimum atomic E-state index is -4.54. The molecule has 1 unspecified atom stereocenters. The van der Waals surface area contributed by atoms with Crippen LogP contribution < -0.4 is 5.32 Å². The topological polar surface area (TPSA) is 83.6 Å². The normalized spacial score (nSPS) is 15.9. The molecule has 0 spiro atoms. The maximum absolute atomic E-state index is 13.0. The van der Waals surface area contributed by atoms with Crippen LogP contribution >= 0.6 is 0 Å². The number of carbonyl (C=O) groups excluding carboxylic acids is 1. The van der Waals surface area contributed by atoms with Gasteiger partial charge in [-0.1, -0.05) is 6.07 Å². The summed E-state index contributed by atoms with van der Waals surface area (Å²) >= 11 is 0. The van der Waals surface area contributed by atoms with Gasteiger partial charge >= 0.3 is 6.18 Å². The zero-order valence-corrected chi connectivity index (χ0v) is 15.6. The van der Waals surface area contributed by atoms with Gasteiger partial charge in [-0.25, -0.2) is 4.68 Å². The zero-order valence-electron chi connectivity index (χ0n) is 15.6. The summed E-state index contributed by atoms with van der Waals surface area (Å²) in [5.74, 6) is -0.319. The van der Waals surface area contributed by atoms with Gasteiger partial charge in [0.05, 0.1) is 29.1 Å². The van der Waals surface area contributed by atoms with Crippen LogP contribution in [0.1, 0.15) is 51.8 Å². The number of fused-ring (bicyclic) bond motifs is 1. The van der Waals surface area contributed by atoms with Crippen molar-refractivity contribution in [2.75, 3.05) is 0 Å². The van der Waals surface area contributed by atoms with E-state index in [1.165, 1.54) is 16.8 Å². The molecule has 9 heteroatoms. The van der Waals surface area contributed by atoms with Crippen LogP contribution in [0.2, 0.25) is 0 Å². The quantitative estimate of drug-likeness (QED) is 0.707. The summed E-state index contributed by atoms with van der Waals surface area (Å²) in [4.78, 5) is 16.0. The molecule has 0 bridgehead atoms. The highest BCUT2D eigenvalue weighted by Crippen LogP contribution is 2.32. The first-order valence-electron chi connectivity index (χ1n) is 9.28. The molecule has 0 radical (unpaired) electrons. The number of hydrogen-bond acceptors (Lipinski definition) is 4. The van der Waals surface area contributed by atoms with Gasteiger partial charge in [0, 0.05) is 23.5 Å². The molecule has 2 heterocycles. The molecule has 30 heavy (non-hydrogen) atoms. The van der Waals surface area contributed by atoms with E-state index in [4.69, 9.17) is 5.26 Å². The number of alkyl halides is 3. The molecule has 1 aliphatic rings. The van der Waals surface area contributed by atoms with E-state index in [0.717, 1.165) is 29.9 Å². The first kappa shape index (κ1) is 19.6. The molecule has 3 aromatic rings. The van der Waals surface area contributed by atoms with Gasteiger partial charge < -0.3 is 5.32 Å². The molecule has 0 saturated carbocycles. The highest BCUT2D eigenvalue weighted by atomic mass is 19.4. The van der Waals surface area contributed by atoms with E-state index < -0.39 is 11.9 Å². The predicted molar refractivity (Wildman–Crippen MR) is 101 cm³/mol. The molecule has 4 rings (SSSR count). The van der Waals surface area contributed by atoms with Gasteiger partial charge in [0.25, 0.3) is 5.91 Å². The Hall–Kier alpha value is -3.67. The molecule has 152 valence electrons. The number of rotatable bonds is 3. The number of aromatic nitrogens is 3. The number of hydrogen-bond donors (Lipinski definition) is 1. The van der Waals surface area contributed by atoms with Crippen molar-refractivity contribution in [3.8, 4) is 11.8 Å². The monoisotopic (exact) mass is 411 g/mol. The lowest BCUT2D eigenvalue weighted by Gasteiger charge is -2.22. The molecule has 0 fully saturated rings. The highest BCUT2D eigenvalue weighted by Gasteiger charge is 2.33. The lowest BCUT2D eigenvalue weighted by atomic mass is 9.93. The summed E-state index contributed by atoms with van der Waals surface area (Å²) in [6, 6.07) is 10.5. The molecule has 1 N–H and O–H groups in total. The summed E-state index contributed by atoms with van der Waals surface area (Å²) < 4.78 is 40.3. The number of amides is 1. The van der Waals surface area contributed by atoms with Crippen molar-refractivity contribution in [1.29, 1.82) is 5.26 Å². The van der Waals surface area contributed by atoms with Crippen LogP contribution in [0.15, 0.2) is 48.8 Å². The number of nitrogens with one attached hydrogen (secondary N) is 1. The van der Waals surface area contributed by atoms with E-state index in [2.05, 4.69) is 15.4 Å². The van der Waals surface area contributed by atoms with Crippen molar-refractivity contribution in [2.24, 2.45) is 0 Å². The largest absolute Gasteiger partial charge is 0.433 e. The van der Waals surface area contributed by atoms with Crippen LogP contribution in [0.4, 0.5) is 13.2 Å². The van der Waals surface area contributed by atoms with Crippen molar-refractivity contribution < 1.29 is 18.0 Å². The maximum Gasteiger partial charge on any atom is 0.433 e. The van der Waals surface area contributed by atoms with Gasteiger partial charge in [-0.3, -0.25) is 9.78 Å². The van der Waals surface area contributed by atoms with E-state index in [0.29, 0.717) is 24.0 Å². The van der Waals surface area contributed by atoms with Crippen LogP contribution in [-0.2, 0) is 12.6 Å². The van der Waals surface area contributed by atoms with E-state index >= 15 is 0 Å². The average Bonchev–Trinajstić information content (AvgIpc) is 3.19. The molecule has 0 aliphatic heterocycles.